The molecule has 0 spiro atoms. The Morgan fingerprint density at radius 2 is 2.22 bits per heavy atom. The number of nitrogens with zero attached hydrogens (tertiary/aromatic N) is 3. The average molecular weight is 248 g/mol. The van der Waals surface area contributed by atoms with E-state index in [-0.39, 0.29) is 18.0 Å². The third-order valence-corrected chi connectivity index (χ3v) is 2.57. The summed E-state index contributed by atoms with van der Waals surface area (Å²) in [6, 6.07) is 3.35. The molecule has 2 rings (SSSR count). The van der Waals surface area contributed by atoms with Crippen LogP contribution in [0.1, 0.15) is 18.2 Å². The molecule has 0 aliphatic heterocycles. The molecule has 2 N–H and O–H groups in total. The van der Waals surface area contributed by atoms with E-state index in [9.17, 15) is 14.7 Å². The molecule has 7 heteroatoms. The summed E-state index contributed by atoms with van der Waals surface area (Å²) in [7, 11) is 0. The van der Waals surface area contributed by atoms with Crippen LogP contribution in [0.4, 0.5) is 0 Å². The van der Waals surface area contributed by atoms with Crippen molar-refractivity contribution in [3.05, 3.63) is 50.4 Å². The van der Waals surface area contributed by atoms with Crippen molar-refractivity contribution in [2.45, 2.75) is 19.9 Å². The number of hydrogen-bond acceptors (Lipinski definition) is 5. The zero-order valence-electron chi connectivity index (χ0n) is 9.75. The van der Waals surface area contributed by atoms with Gasteiger partial charge >= 0.3 is 5.69 Å². The normalized spacial score (nSPS) is 10.5. The van der Waals surface area contributed by atoms with E-state index in [0.29, 0.717) is 12.1 Å². The van der Waals surface area contributed by atoms with Gasteiger partial charge in [0.05, 0.1) is 17.8 Å². The number of nitrogens with one attached hydrogen (secondary N) is 1. The van der Waals surface area contributed by atoms with Gasteiger partial charge in [0, 0.05) is 6.20 Å². The van der Waals surface area contributed by atoms with Crippen molar-refractivity contribution in [3.63, 3.8) is 0 Å². The molecule has 18 heavy (non-hydrogen) atoms. The maximum Gasteiger partial charge on any atom is 0.331 e. The summed E-state index contributed by atoms with van der Waals surface area (Å²) >= 11 is 0. The first kappa shape index (κ1) is 12.0. The molecule has 0 fully saturated rings. The van der Waals surface area contributed by atoms with Crippen LogP contribution in [0.25, 0.3) is 0 Å². The van der Waals surface area contributed by atoms with E-state index in [1.165, 1.54) is 6.20 Å². The highest BCUT2D eigenvalue weighted by atomic mass is 16.3. The lowest BCUT2D eigenvalue weighted by molar-refractivity contribution is 0.400. The molecule has 2 aromatic rings. The van der Waals surface area contributed by atoms with Gasteiger partial charge in [-0.3, -0.25) is 14.3 Å². The van der Waals surface area contributed by atoms with Gasteiger partial charge < -0.3 is 5.11 Å². The second kappa shape index (κ2) is 4.82. The molecule has 7 nitrogen and oxygen atoms in total. The van der Waals surface area contributed by atoms with Crippen molar-refractivity contribution in [1.29, 1.82) is 0 Å². The first-order valence-corrected chi connectivity index (χ1v) is 5.45. The fourth-order valence-corrected chi connectivity index (χ4v) is 1.65. The first-order valence-electron chi connectivity index (χ1n) is 5.45. The van der Waals surface area contributed by atoms with Gasteiger partial charge in [0.1, 0.15) is 0 Å². The van der Waals surface area contributed by atoms with Crippen LogP contribution in [-0.2, 0) is 13.0 Å². The van der Waals surface area contributed by atoms with E-state index in [1.54, 1.807) is 19.1 Å². The van der Waals surface area contributed by atoms with Crippen molar-refractivity contribution in [3.8, 4) is 5.88 Å². The van der Waals surface area contributed by atoms with Crippen LogP contribution in [0.3, 0.4) is 0 Å². The largest absolute Gasteiger partial charge is 0.494 e. The number of rotatable bonds is 3. The zero-order valence-corrected chi connectivity index (χ0v) is 9.75. The summed E-state index contributed by atoms with van der Waals surface area (Å²) in [4.78, 5) is 25.2. The van der Waals surface area contributed by atoms with Crippen molar-refractivity contribution in [2.24, 2.45) is 0 Å². The molecule has 2 heterocycles. The highest BCUT2D eigenvalue weighted by Gasteiger charge is 2.12. The Balaban J connectivity index is 2.52. The second-order valence-corrected chi connectivity index (χ2v) is 3.72. The summed E-state index contributed by atoms with van der Waals surface area (Å²) in [5.74, 6) is -0.322. The molecule has 0 aliphatic carbocycles. The van der Waals surface area contributed by atoms with Gasteiger partial charge in [-0.25, -0.2) is 4.79 Å². The first-order chi connectivity index (χ1) is 8.63. The fraction of sp³-hybridized carbons (Fsp3) is 0.273. The summed E-state index contributed by atoms with van der Waals surface area (Å²) < 4.78 is 1.06. The van der Waals surface area contributed by atoms with Crippen molar-refractivity contribution in [1.82, 2.24) is 19.7 Å². The Labute approximate surface area is 102 Å². The number of aromatic amines is 1. The molecule has 0 bridgehead atoms. The number of aromatic hydroxyl groups is 1. The smallest absolute Gasteiger partial charge is 0.331 e. The molecule has 2 aromatic heterocycles. The predicted molar refractivity (Wildman–Crippen MR) is 63.5 cm³/mol. The van der Waals surface area contributed by atoms with Gasteiger partial charge in [0.15, 0.2) is 0 Å². The molecule has 0 saturated heterocycles. The van der Waals surface area contributed by atoms with Crippen LogP contribution in [-0.4, -0.2) is 24.9 Å². The van der Waals surface area contributed by atoms with E-state index < -0.39 is 11.2 Å². The van der Waals surface area contributed by atoms with Gasteiger partial charge in [0.25, 0.3) is 5.56 Å². The Morgan fingerprint density at radius 3 is 2.83 bits per heavy atom. The van der Waals surface area contributed by atoms with Gasteiger partial charge in [-0.15, -0.1) is 0 Å². The maximum atomic E-state index is 11.6. The number of H-pyrrole nitrogens is 1. The monoisotopic (exact) mass is 248 g/mol. The highest BCUT2D eigenvalue weighted by molar-refractivity contribution is 5.23. The van der Waals surface area contributed by atoms with Crippen LogP contribution in [0, 0.1) is 0 Å². The molecule has 0 aromatic carbocycles. The predicted octanol–water partition coefficient (Wildman–Crippen LogP) is -0.357. The van der Waals surface area contributed by atoms with E-state index in [1.807, 2.05) is 0 Å². The quantitative estimate of drug-likeness (QED) is 0.772. The minimum atomic E-state index is -0.666. The maximum absolute atomic E-state index is 11.6. The van der Waals surface area contributed by atoms with Gasteiger partial charge in [-0.2, -0.15) is 10.2 Å². The lowest BCUT2D eigenvalue weighted by atomic mass is 10.2. The average Bonchev–Trinajstić information content (AvgIpc) is 2.36. The number of aromatic nitrogens is 4. The van der Waals surface area contributed by atoms with E-state index in [4.69, 9.17) is 0 Å². The van der Waals surface area contributed by atoms with E-state index >= 15 is 0 Å². The SMILES string of the molecule is CCc1c(O)n(Cc2cccnn2)c(=O)[nH]c1=O. The molecule has 0 amide bonds. The number of hydrogen-bond donors (Lipinski definition) is 2. The third-order valence-electron chi connectivity index (χ3n) is 2.57. The Kier molecular flexibility index (Phi) is 3.22. The molecular formula is C11H12N4O3. The molecule has 0 unspecified atom stereocenters. The second-order valence-electron chi connectivity index (χ2n) is 3.72. The van der Waals surface area contributed by atoms with Crippen LogP contribution in [0.5, 0.6) is 5.88 Å². The molecule has 0 saturated carbocycles. The van der Waals surface area contributed by atoms with Gasteiger partial charge in [-0.05, 0) is 18.6 Å². The Morgan fingerprint density at radius 1 is 1.44 bits per heavy atom. The minimum absolute atomic E-state index is 0.0578. The van der Waals surface area contributed by atoms with Crippen LogP contribution >= 0.6 is 0 Å². The van der Waals surface area contributed by atoms with Crippen LogP contribution < -0.4 is 11.2 Å². The summed E-state index contributed by atoms with van der Waals surface area (Å²) in [5, 5.41) is 17.4. The Hall–Kier alpha value is -2.44. The Bertz CT molecular complexity index is 660. The van der Waals surface area contributed by atoms with Crippen LogP contribution in [0.2, 0.25) is 0 Å². The summed E-state index contributed by atoms with van der Waals surface area (Å²) in [6.45, 7) is 1.78. The minimum Gasteiger partial charge on any atom is -0.494 e. The standard InChI is InChI=1S/C11H12N4O3/c1-2-8-9(16)13-11(18)15(10(8)17)6-7-4-3-5-12-14-7/h3-5,17H,2,6H2,1H3,(H,13,16,18). The van der Waals surface area contributed by atoms with E-state index in [2.05, 4.69) is 15.2 Å². The van der Waals surface area contributed by atoms with Crippen molar-refractivity contribution in [2.75, 3.05) is 0 Å². The van der Waals surface area contributed by atoms with Crippen LogP contribution in [0.15, 0.2) is 27.9 Å². The fourth-order valence-electron chi connectivity index (χ4n) is 1.65. The highest BCUT2D eigenvalue weighted by Crippen LogP contribution is 2.11. The lowest BCUT2D eigenvalue weighted by Crippen LogP contribution is -2.32. The van der Waals surface area contributed by atoms with Gasteiger partial charge in [0.2, 0.25) is 5.88 Å². The summed E-state index contributed by atoms with van der Waals surface area (Å²) in [5.41, 5.74) is -0.529. The zero-order chi connectivity index (χ0) is 13.1. The van der Waals surface area contributed by atoms with Crippen molar-refractivity contribution >= 4 is 0 Å². The van der Waals surface area contributed by atoms with Crippen molar-refractivity contribution < 1.29 is 5.11 Å². The van der Waals surface area contributed by atoms with Gasteiger partial charge in [-0.1, -0.05) is 6.92 Å². The topological polar surface area (TPSA) is 101 Å². The van der Waals surface area contributed by atoms with E-state index in [0.717, 1.165) is 4.57 Å². The molecule has 0 atom stereocenters. The molecular weight excluding hydrogens is 236 g/mol. The molecule has 0 radical (unpaired) electrons. The molecule has 94 valence electrons. The lowest BCUT2D eigenvalue weighted by Gasteiger charge is -2.09. The molecule has 0 aliphatic rings. The third kappa shape index (κ3) is 2.15. The summed E-state index contributed by atoms with van der Waals surface area (Å²) in [6.07, 6.45) is 1.85.